The van der Waals surface area contributed by atoms with E-state index in [9.17, 15) is 0 Å². The van der Waals surface area contributed by atoms with E-state index >= 15 is 0 Å². The van der Waals surface area contributed by atoms with E-state index in [1.54, 1.807) is 0 Å². The van der Waals surface area contributed by atoms with Crippen LogP contribution in [-0.4, -0.2) is 22.2 Å². The Balaban J connectivity index is 0.000000187. The molecule has 0 amide bonds. The molecule has 0 unspecified atom stereocenters. The third-order valence-corrected chi connectivity index (χ3v) is 5.05. The van der Waals surface area contributed by atoms with Gasteiger partial charge in [0.05, 0.1) is 0 Å². The van der Waals surface area contributed by atoms with Crippen LogP contribution in [0.2, 0.25) is 0 Å². The fourth-order valence-electron chi connectivity index (χ4n) is 3.81. The van der Waals surface area contributed by atoms with Crippen LogP contribution in [0.3, 0.4) is 0 Å². The van der Waals surface area contributed by atoms with E-state index in [0.29, 0.717) is 0 Å². The normalized spacial score (nSPS) is 9.66. The summed E-state index contributed by atoms with van der Waals surface area (Å²) in [6.45, 7) is 2.17. The summed E-state index contributed by atoms with van der Waals surface area (Å²) in [5, 5.41) is 25.6. The average molecular weight is 498 g/mol. The summed E-state index contributed by atoms with van der Waals surface area (Å²) in [4.78, 5) is 18.0. The van der Waals surface area contributed by atoms with Crippen LogP contribution in [0.1, 0.15) is 13.8 Å². The van der Waals surface area contributed by atoms with Gasteiger partial charge in [-0.25, -0.2) is 0 Å². The van der Waals surface area contributed by atoms with E-state index in [0.717, 1.165) is 13.8 Å². The first kappa shape index (κ1) is 27.5. The number of hydrogen-bond donors (Lipinski definition) is 2. The molecule has 0 bridgehead atoms. The number of hydrogen-bond acceptors (Lipinski definition) is 2. The molecular formula is C30H26O4Ti. The Hall–Kier alpha value is -3.73. The number of rotatable bonds is 0. The van der Waals surface area contributed by atoms with Crippen LogP contribution in [-0.2, 0) is 31.3 Å². The van der Waals surface area contributed by atoms with E-state index in [1.807, 2.05) is 0 Å². The average Bonchev–Trinajstić information content (AvgIpc) is 3.37. The zero-order valence-electron chi connectivity index (χ0n) is 19.6. The van der Waals surface area contributed by atoms with E-state index in [1.165, 1.54) is 43.1 Å². The first-order chi connectivity index (χ1) is 16.4. The number of fused-ring (bicyclic) bond motifs is 6. The Labute approximate surface area is 219 Å². The molecule has 0 radical (unpaired) electrons. The standard InChI is InChI=1S/2C13H9.2C2H4O2.Ti/c2*1-3-7-12-10(5-1)9-11-6-2-4-8-13(11)12;2*1-2(3)4;/h2*1-9H;2*1H3,(H,3,4);/q2*-1;;;+2. The second kappa shape index (κ2) is 13.2. The van der Waals surface area contributed by atoms with Crippen LogP contribution in [0, 0.1) is 0 Å². The number of carboxylic acids is 2. The van der Waals surface area contributed by atoms with Gasteiger partial charge in [0.15, 0.2) is 0 Å². The molecule has 6 aromatic rings. The van der Waals surface area contributed by atoms with Gasteiger partial charge in [0.1, 0.15) is 0 Å². The summed E-state index contributed by atoms with van der Waals surface area (Å²) >= 11 is 0. The minimum atomic E-state index is -0.833. The zero-order chi connectivity index (χ0) is 24.5. The van der Waals surface area contributed by atoms with Crippen molar-refractivity contribution in [3.8, 4) is 0 Å². The maximum atomic E-state index is 9.00. The summed E-state index contributed by atoms with van der Waals surface area (Å²) < 4.78 is 0. The van der Waals surface area contributed by atoms with Crippen LogP contribution >= 0.6 is 0 Å². The second-order valence-electron chi connectivity index (χ2n) is 7.68. The molecule has 4 nitrogen and oxygen atoms in total. The molecule has 174 valence electrons. The molecule has 0 spiro atoms. The largest absolute Gasteiger partial charge is 2.00 e. The van der Waals surface area contributed by atoms with Crippen molar-refractivity contribution in [1.82, 2.24) is 0 Å². The molecular weight excluding hydrogens is 472 g/mol. The maximum absolute atomic E-state index is 9.00. The maximum Gasteiger partial charge on any atom is 2.00 e. The molecule has 0 saturated carbocycles. The molecule has 0 saturated heterocycles. The van der Waals surface area contributed by atoms with Gasteiger partial charge in [-0.15, -0.1) is 79.5 Å². The van der Waals surface area contributed by atoms with E-state index in [4.69, 9.17) is 19.8 Å². The summed E-state index contributed by atoms with van der Waals surface area (Å²) in [5.74, 6) is -1.67. The van der Waals surface area contributed by atoms with Gasteiger partial charge < -0.3 is 10.2 Å². The molecule has 0 heterocycles. The molecule has 0 aliphatic carbocycles. The van der Waals surface area contributed by atoms with Crippen LogP contribution in [0.5, 0.6) is 0 Å². The van der Waals surface area contributed by atoms with Gasteiger partial charge in [-0.1, -0.05) is 72.8 Å². The van der Waals surface area contributed by atoms with Gasteiger partial charge in [0.25, 0.3) is 11.9 Å². The molecule has 6 rings (SSSR count). The number of carbonyl (C=O) groups is 2. The molecule has 0 fully saturated rings. The Morgan fingerprint density at radius 2 is 0.657 bits per heavy atom. The Morgan fingerprint density at radius 3 is 0.857 bits per heavy atom. The molecule has 0 atom stereocenters. The third-order valence-electron chi connectivity index (χ3n) is 5.05. The van der Waals surface area contributed by atoms with Crippen molar-refractivity contribution in [3.05, 3.63) is 109 Å². The van der Waals surface area contributed by atoms with Gasteiger partial charge in [-0.3, -0.25) is 9.59 Å². The number of benzene rings is 4. The minimum Gasteiger partial charge on any atom is -0.481 e. The van der Waals surface area contributed by atoms with Crippen molar-refractivity contribution >= 4 is 55.0 Å². The van der Waals surface area contributed by atoms with Crippen LogP contribution in [0.15, 0.2) is 109 Å². The van der Waals surface area contributed by atoms with Crippen LogP contribution in [0.4, 0.5) is 0 Å². The molecule has 5 heteroatoms. The topological polar surface area (TPSA) is 74.6 Å². The number of carboxylic acid groups (broad SMARTS) is 2. The first-order valence-electron chi connectivity index (χ1n) is 10.8. The third kappa shape index (κ3) is 7.64. The molecule has 0 aliphatic heterocycles. The Kier molecular flexibility index (Phi) is 10.4. The molecule has 35 heavy (non-hydrogen) atoms. The zero-order valence-corrected chi connectivity index (χ0v) is 21.2. The predicted octanol–water partition coefficient (Wildman–Crippen LogP) is 7.60. The van der Waals surface area contributed by atoms with Crippen molar-refractivity contribution in [2.45, 2.75) is 13.8 Å². The fourth-order valence-corrected chi connectivity index (χ4v) is 3.81. The van der Waals surface area contributed by atoms with Crippen molar-refractivity contribution < 1.29 is 41.5 Å². The van der Waals surface area contributed by atoms with Crippen molar-refractivity contribution in [1.29, 1.82) is 0 Å². The summed E-state index contributed by atoms with van der Waals surface area (Å²) in [7, 11) is 0. The fraction of sp³-hybridized carbons (Fsp3) is 0.0667. The quantitative estimate of drug-likeness (QED) is 0.167. The van der Waals surface area contributed by atoms with Crippen LogP contribution < -0.4 is 0 Å². The minimum absolute atomic E-state index is 0. The second-order valence-corrected chi connectivity index (χ2v) is 7.68. The van der Waals surface area contributed by atoms with Crippen molar-refractivity contribution in [3.63, 3.8) is 0 Å². The van der Waals surface area contributed by atoms with Gasteiger partial charge >= 0.3 is 21.7 Å². The summed E-state index contributed by atoms with van der Waals surface area (Å²) in [6, 6.07) is 38.5. The molecule has 0 aliphatic rings. The summed E-state index contributed by atoms with van der Waals surface area (Å²) in [6.07, 6.45) is 0. The SMILES string of the molecule is CC(=O)O.CC(=O)O.[Ti+2].c1ccc2c(c1)[cH-]c1ccccc12.c1ccc2c(c1)[cH-]c1ccccc12. The van der Waals surface area contributed by atoms with Gasteiger partial charge in [-0.05, 0) is 0 Å². The van der Waals surface area contributed by atoms with Gasteiger partial charge in [0, 0.05) is 13.8 Å². The summed E-state index contributed by atoms with van der Waals surface area (Å²) in [5.41, 5.74) is 0. The number of aliphatic carboxylic acids is 2. The van der Waals surface area contributed by atoms with Gasteiger partial charge in [-0.2, -0.15) is 0 Å². The van der Waals surface area contributed by atoms with E-state index in [2.05, 4.69) is 109 Å². The Morgan fingerprint density at radius 1 is 0.486 bits per heavy atom. The molecule has 0 aromatic heterocycles. The first-order valence-corrected chi connectivity index (χ1v) is 10.8. The monoisotopic (exact) mass is 498 g/mol. The van der Waals surface area contributed by atoms with Crippen LogP contribution in [0.25, 0.3) is 43.1 Å². The molecule has 2 N–H and O–H groups in total. The smallest absolute Gasteiger partial charge is 0.481 e. The Bertz CT molecular complexity index is 1320. The van der Waals surface area contributed by atoms with E-state index in [-0.39, 0.29) is 21.7 Å². The van der Waals surface area contributed by atoms with Crippen molar-refractivity contribution in [2.75, 3.05) is 0 Å². The predicted molar refractivity (Wildman–Crippen MR) is 141 cm³/mol. The van der Waals surface area contributed by atoms with E-state index < -0.39 is 11.9 Å². The van der Waals surface area contributed by atoms with Crippen molar-refractivity contribution in [2.24, 2.45) is 0 Å². The molecule has 6 aromatic carbocycles. The van der Waals surface area contributed by atoms with Gasteiger partial charge in [0.2, 0.25) is 0 Å².